The van der Waals surface area contributed by atoms with Gasteiger partial charge < -0.3 is 4.57 Å². The first-order valence-electron chi connectivity index (χ1n) is 8.33. The zero-order valence-corrected chi connectivity index (χ0v) is 14.1. The molecule has 7 heteroatoms. The summed E-state index contributed by atoms with van der Waals surface area (Å²) in [6.45, 7) is 2.10. The van der Waals surface area contributed by atoms with Gasteiger partial charge in [-0.15, -0.1) is 0 Å². The number of para-hydroxylation sites is 2. The van der Waals surface area contributed by atoms with E-state index in [9.17, 15) is 0 Å². The van der Waals surface area contributed by atoms with Crippen LogP contribution in [-0.4, -0.2) is 34.1 Å². The van der Waals surface area contributed by atoms with Gasteiger partial charge in [-0.2, -0.15) is 4.98 Å². The molecule has 4 heterocycles. The number of aromatic nitrogens is 7. The fraction of sp³-hybridized carbons (Fsp3) is 0.105. The van der Waals surface area contributed by atoms with Crippen LogP contribution in [0.25, 0.3) is 28.1 Å². The van der Waals surface area contributed by atoms with Crippen LogP contribution in [0.5, 0.6) is 0 Å². The van der Waals surface area contributed by atoms with Crippen LogP contribution in [-0.2, 0) is 0 Å². The molecule has 0 radical (unpaired) electrons. The Hall–Kier alpha value is -3.61. The van der Waals surface area contributed by atoms with E-state index in [-0.39, 0.29) is 6.04 Å². The van der Waals surface area contributed by atoms with Crippen molar-refractivity contribution in [3.63, 3.8) is 0 Å². The molecule has 7 nitrogen and oxygen atoms in total. The average Bonchev–Trinajstić information content (AvgIpc) is 3.32. The minimum Gasteiger partial charge on any atom is -0.308 e. The fourth-order valence-corrected chi connectivity index (χ4v) is 3.12. The highest BCUT2D eigenvalue weighted by Crippen LogP contribution is 2.22. The van der Waals surface area contributed by atoms with Crippen molar-refractivity contribution in [3.05, 3.63) is 73.2 Å². The van der Waals surface area contributed by atoms with Gasteiger partial charge in [0, 0.05) is 12.4 Å². The lowest BCUT2D eigenvalue weighted by Crippen LogP contribution is -2.08. The third-order valence-corrected chi connectivity index (χ3v) is 4.56. The molecule has 0 spiro atoms. The van der Waals surface area contributed by atoms with Crippen molar-refractivity contribution in [2.75, 3.05) is 0 Å². The number of hydrogen-bond acceptors (Lipinski definition) is 5. The molecule has 0 N–H and O–H groups in total. The minimum atomic E-state index is 0.0657. The third-order valence-electron chi connectivity index (χ3n) is 4.56. The molecule has 0 aliphatic heterocycles. The molecule has 0 fully saturated rings. The van der Waals surface area contributed by atoms with Crippen molar-refractivity contribution < 1.29 is 0 Å². The van der Waals surface area contributed by atoms with Crippen LogP contribution in [0.3, 0.4) is 0 Å². The minimum absolute atomic E-state index is 0.0657. The Morgan fingerprint density at radius 2 is 1.77 bits per heavy atom. The van der Waals surface area contributed by atoms with Crippen molar-refractivity contribution in [1.82, 2.24) is 34.1 Å². The summed E-state index contributed by atoms with van der Waals surface area (Å²) in [5.74, 6) is 0.575. The highest BCUT2D eigenvalue weighted by molar-refractivity contribution is 5.77. The van der Waals surface area contributed by atoms with E-state index in [4.69, 9.17) is 4.98 Å². The van der Waals surface area contributed by atoms with E-state index in [1.165, 1.54) is 0 Å². The Kier molecular flexibility index (Phi) is 3.24. The van der Waals surface area contributed by atoms with Crippen molar-refractivity contribution >= 4 is 22.2 Å². The van der Waals surface area contributed by atoms with Crippen LogP contribution < -0.4 is 0 Å². The lowest BCUT2D eigenvalue weighted by Gasteiger charge is -2.14. The van der Waals surface area contributed by atoms with Crippen molar-refractivity contribution in [2.24, 2.45) is 0 Å². The fourth-order valence-electron chi connectivity index (χ4n) is 3.12. The van der Waals surface area contributed by atoms with Gasteiger partial charge in [-0.05, 0) is 30.7 Å². The molecule has 0 saturated carbocycles. The van der Waals surface area contributed by atoms with Crippen LogP contribution >= 0.6 is 0 Å². The second kappa shape index (κ2) is 5.73. The maximum absolute atomic E-state index is 4.77. The van der Waals surface area contributed by atoms with E-state index in [0.29, 0.717) is 5.95 Å². The molecule has 0 aliphatic rings. The van der Waals surface area contributed by atoms with Gasteiger partial charge in [0.25, 0.3) is 0 Å². The number of hydrogen-bond donors (Lipinski definition) is 0. The van der Waals surface area contributed by atoms with E-state index >= 15 is 0 Å². The van der Waals surface area contributed by atoms with Gasteiger partial charge in [0.15, 0.2) is 5.65 Å². The SMILES string of the molecule is CC(c1cccnc1)n1cnc2cnc(-n3cnc4ccccc43)nc21. The molecule has 1 unspecified atom stereocenters. The number of nitrogens with zero attached hydrogens (tertiary/aromatic N) is 7. The second-order valence-corrected chi connectivity index (χ2v) is 6.10. The maximum Gasteiger partial charge on any atom is 0.237 e. The normalized spacial score (nSPS) is 12.7. The summed E-state index contributed by atoms with van der Waals surface area (Å²) >= 11 is 0. The lowest BCUT2D eigenvalue weighted by atomic mass is 10.1. The molecule has 4 aromatic heterocycles. The van der Waals surface area contributed by atoms with Crippen molar-refractivity contribution in [2.45, 2.75) is 13.0 Å². The second-order valence-electron chi connectivity index (χ2n) is 6.10. The Morgan fingerprint density at radius 1 is 0.885 bits per heavy atom. The molecule has 0 saturated heterocycles. The average molecular weight is 341 g/mol. The summed E-state index contributed by atoms with van der Waals surface area (Å²) in [5, 5.41) is 0. The van der Waals surface area contributed by atoms with Gasteiger partial charge >= 0.3 is 0 Å². The molecular formula is C19H15N7. The lowest BCUT2D eigenvalue weighted by molar-refractivity contribution is 0.648. The topological polar surface area (TPSA) is 74.3 Å². The number of pyridine rings is 1. The van der Waals surface area contributed by atoms with E-state index in [1.807, 2.05) is 45.7 Å². The summed E-state index contributed by atoms with van der Waals surface area (Å²) < 4.78 is 3.93. The van der Waals surface area contributed by atoms with Gasteiger partial charge in [-0.3, -0.25) is 9.55 Å². The van der Waals surface area contributed by atoms with Crippen LogP contribution in [0.1, 0.15) is 18.5 Å². The molecule has 5 aromatic rings. The molecule has 0 amide bonds. The first-order chi connectivity index (χ1) is 12.8. The largest absolute Gasteiger partial charge is 0.308 e. The van der Waals surface area contributed by atoms with E-state index in [2.05, 4.69) is 32.9 Å². The Morgan fingerprint density at radius 3 is 2.65 bits per heavy atom. The smallest absolute Gasteiger partial charge is 0.237 e. The Labute approximate surface area is 149 Å². The first kappa shape index (κ1) is 14.7. The zero-order valence-electron chi connectivity index (χ0n) is 14.1. The summed E-state index contributed by atoms with van der Waals surface area (Å²) in [6, 6.07) is 12.0. The monoisotopic (exact) mass is 341 g/mol. The number of fused-ring (bicyclic) bond motifs is 2. The summed E-state index contributed by atoms with van der Waals surface area (Å²) in [5.41, 5.74) is 4.52. The highest BCUT2D eigenvalue weighted by Gasteiger charge is 2.15. The molecule has 0 aliphatic carbocycles. The Balaban J connectivity index is 1.66. The van der Waals surface area contributed by atoms with Gasteiger partial charge in [-0.25, -0.2) is 15.0 Å². The van der Waals surface area contributed by atoms with Crippen LogP contribution in [0.4, 0.5) is 0 Å². The van der Waals surface area contributed by atoms with E-state index < -0.39 is 0 Å². The predicted molar refractivity (Wildman–Crippen MR) is 98.0 cm³/mol. The third kappa shape index (κ3) is 2.25. The Bertz CT molecular complexity index is 1210. The summed E-state index contributed by atoms with van der Waals surface area (Å²) in [7, 11) is 0. The van der Waals surface area contributed by atoms with E-state index in [0.717, 1.165) is 27.8 Å². The van der Waals surface area contributed by atoms with Crippen molar-refractivity contribution in [3.8, 4) is 5.95 Å². The molecule has 1 aromatic carbocycles. The van der Waals surface area contributed by atoms with Gasteiger partial charge in [-0.1, -0.05) is 18.2 Å². The van der Waals surface area contributed by atoms with Gasteiger partial charge in [0.1, 0.15) is 11.8 Å². The molecule has 26 heavy (non-hydrogen) atoms. The van der Waals surface area contributed by atoms with Crippen LogP contribution in [0, 0.1) is 0 Å². The van der Waals surface area contributed by atoms with E-state index in [1.54, 1.807) is 25.0 Å². The maximum atomic E-state index is 4.77. The predicted octanol–water partition coefficient (Wildman–Crippen LogP) is 3.17. The quantitative estimate of drug-likeness (QED) is 0.504. The zero-order chi connectivity index (χ0) is 17.5. The molecule has 0 bridgehead atoms. The molecule has 126 valence electrons. The number of benzene rings is 1. The summed E-state index contributed by atoms with van der Waals surface area (Å²) in [6.07, 6.45) is 8.93. The molecule has 1 atom stereocenters. The molecular weight excluding hydrogens is 326 g/mol. The number of rotatable bonds is 3. The standard InChI is InChI=1S/C19H15N7/c1-13(14-5-4-8-20-9-14)25-11-23-16-10-21-19(24-18(16)25)26-12-22-15-6-2-3-7-17(15)26/h2-13H,1H3. The van der Waals surface area contributed by atoms with Crippen molar-refractivity contribution in [1.29, 1.82) is 0 Å². The highest BCUT2D eigenvalue weighted by atomic mass is 15.2. The van der Waals surface area contributed by atoms with Crippen LogP contribution in [0.2, 0.25) is 0 Å². The van der Waals surface area contributed by atoms with Gasteiger partial charge in [0.05, 0.1) is 29.6 Å². The number of imidazole rings is 2. The van der Waals surface area contributed by atoms with Gasteiger partial charge in [0.2, 0.25) is 5.95 Å². The molecule has 5 rings (SSSR count). The van der Waals surface area contributed by atoms with Crippen LogP contribution in [0.15, 0.2) is 67.6 Å². The summed E-state index contributed by atoms with van der Waals surface area (Å²) in [4.78, 5) is 22.3. The first-order valence-corrected chi connectivity index (χ1v) is 8.33.